The van der Waals surface area contributed by atoms with Gasteiger partial charge in [0.1, 0.15) is 0 Å². The molecule has 1 atom stereocenters. The number of carbonyl (C=O) groups is 1. The quantitative estimate of drug-likeness (QED) is 0.784. The van der Waals surface area contributed by atoms with Crippen molar-refractivity contribution < 1.29 is 4.79 Å². The number of likely N-dealkylation sites (tertiary alicyclic amines) is 2. The molecule has 1 unspecified atom stereocenters. The molecule has 1 spiro atoms. The van der Waals surface area contributed by atoms with E-state index in [4.69, 9.17) is 0 Å². The minimum absolute atomic E-state index is 0.0557. The number of aromatic nitrogens is 1. The average Bonchev–Trinajstić information content (AvgIpc) is 3.01. The Balaban J connectivity index is 1.72. The second-order valence-electron chi connectivity index (χ2n) is 8.20. The molecule has 0 bridgehead atoms. The van der Waals surface area contributed by atoms with Gasteiger partial charge in [0.25, 0.3) is 0 Å². The van der Waals surface area contributed by atoms with E-state index in [1.165, 1.54) is 12.8 Å². The molecule has 0 aromatic carbocycles. The second kappa shape index (κ2) is 8.49. The molecule has 2 aliphatic rings. The van der Waals surface area contributed by atoms with Crippen LogP contribution in [0.15, 0.2) is 24.5 Å². The van der Waals surface area contributed by atoms with Crippen LogP contribution in [0.4, 0.5) is 0 Å². The number of hydrogen-bond donors (Lipinski definition) is 0. The fraction of sp³-hybridized carbons (Fsp3) is 0.714. The fourth-order valence-corrected chi connectivity index (χ4v) is 4.63. The van der Waals surface area contributed by atoms with Gasteiger partial charge in [-0.05, 0) is 82.4 Å². The van der Waals surface area contributed by atoms with Crippen molar-refractivity contribution in [2.24, 2.45) is 5.41 Å². The normalized spacial score (nSPS) is 23.4. The summed E-state index contributed by atoms with van der Waals surface area (Å²) < 4.78 is 0. The van der Waals surface area contributed by atoms with E-state index in [1.54, 1.807) is 12.4 Å². The van der Waals surface area contributed by atoms with Gasteiger partial charge in [-0.2, -0.15) is 0 Å². The van der Waals surface area contributed by atoms with Crippen molar-refractivity contribution in [3.63, 3.8) is 0 Å². The first-order valence-electron chi connectivity index (χ1n) is 10.2. The van der Waals surface area contributed by atoms with Gasteiger partial charge in [0, 0.05) is 32.0 Å². The zero-order valence-electron chi connectivity index (χ0n) is 16.7. The number of pyridine rings is 1. The number of rotatable bonds is 6. The van der Waals surface area contributed by atoms with E-state index >= 15 is 0 Å². The van der Waals surface area contributed by atoms with Crippen LogP contribution in [0, 0.1) is 5.41 Å². The minimum Gasteiger partial charge on any atom is -0.337 e. The molecule has 0 aliphatic carbocycles. The van der Waals surface area contributed by atoms with Crippen LogP contribution in [-0.2, 0) is 11.3 Å². The molecule has 26 heavy (non-hydrogen) atoms. The summed E-state index contributed by atoms with van der Waals surface area (Å²) in [5, 5.41) is 0. The minimum atomic E-state index is 0.0557. The number of nitrogens with zero attached hydrogens (tertiary/aromatic N) is 4. The summed E-state index contributed by atoms with van der Waals surface area (Å²) in [6.07, 6.45) is 8.21. The summed E-state index contributed by atoms with van der Waals surface area (Å²) in [6.45, 7) is 10.2. The first-order valence-corrected chi connectivity index (χ1v) is 10.2. The summed E-state index contributed by atoms with van der Waals surface area (Å²) in [4.78, 5) is 24.4. The van der Waals surface area contributed by atoms with Crippen LogP contribution in [-0.4, -0.2) is 71.4 Å². The highest BCUT2D eigenvalue weighted by Gasteiger charge is 2.47. The number of hydrogen-bond acceptors (Lipinski definition) is 4. The molecule has 2 saturated heterocycles. The van der Waals surface area contributed by atoms with E-state index in [1.807, 2.05) is 17.0 Å². The smallest absolute Gasteiger partial charge is 0.240 e. The Morgan fingerprint density at radius 2 is 1.96 bits per heavy atom. The molecule has 3 heterocycles. The molecule has 0 saturated carbocycles. The maximum Gasteiger partial charge on any atom is 0.240 e. The first kappa shape index (κ1) is 19.3. The van der Waals surface area contributed by atoms with Gasteiger partial charge in [-0.3, -0.25) is 14.7 Å². The molecule has 1 aromatic rings. The second-order valence-corrected chi connectivity index (χ2v) is 8.20. The largest absolute Gasteiger partial charge is 0.337 e. The zero-order valence-corrected chi connectivity index (χ0v) is 16.7. The van der Waals surface area contributed by atoms with E-state index in [2.05, 4.69) is 35.7 Å². The Morgan fingerprint density at radius 3 is 2.58 bits per heavy atom. The maximum atomic E-state index is 13.4. The molecule has 0 N–H and O–H groups in total. The SMILES string of the molecule is CCCN1CC2(CCN(C)CC2)CC1C(=O)N(CC)Cc1ccncc1. The summed E-state index contributed by atoms with van der Waals surface area (Å²) >= 11 is 0. The number of piperidine rings is 1. The Morgan fingerprint density at radius 1 is 1.27 bits per heavy atom. The predicted molar refractivity (Wildman–Crippen MR) is 105 cm³/mol. The third-order valence-electron chi connectivity index (χ3n) is 6.27. The van der Waals surface area contributed by atoms with E-state index in [9.17, 15) is 4.79 Å². The van der Waals surface area contributed by atoms with E-state index in [0.717, 1.165) is 51.1 Å². The van der Waals surface area contributed by atoms with Gasteiger partial charge < -0.3 is 9.80 Å². The lowest BCUT2D eigenvalue weighted by Gasteiger charge is -2.37. The lowest BCUT2D eigenvalue weighted by Crippen LogP contribution is -2.45. The van der Waals surface area contributed by atoms with Gasteiger partial charge >= 0.3 is 0 Å². The Bertz CT molecular complexity index is 583. The van der Waals surface area contributed by atoms with Gasteiger partial charge in [0.05, 0.1) is 6.04 Å². The highest BCUT2D eigenvalue weighted by Crippen LogP contribution is 2.43. The summed E-state index contributed by atoms with van der Waals surface area (Å²) in [6, 6.07) is 4.07. The van der Waals surface area contributed by atoms with Crippen molar-refractivity contribution in [3.05, 3.63) is 30.1 Å². The van der Waals surface area contributed by atoms with Crippen LogP contribution < -0.4 is 0 Å². The third kappa shape index (κ3) is 4.26. The van der Waals surface area contributed by atoms with Gasteiger partial charge in [-0.15, -0.1) is 0 Å². The van der Waals surface area contributed by atoms with Crippen molar-refractivity contribution >= 4 is 5.91 Å². The molecular weight excluding hydrogens is 324 g/mol. The molecular formula is C21H34N4O. The number of amides is 1. The van der Waals surface area contributed by atoms with Gasteiger partial charge in [-0.1, -0.05) is 6.92 Å². The van der Waals surface area contributed by atoms with Gasteiger partial charge in [0.15, 0.2) is 0 Å². The molecule has 0 radical (unpaired) electrons. The molecule has 1 aromatic heterocycles. The Hall–Kier alpha value is -1.46. The van der Waals surface area contributed by atoms with Crippen LogP contribution in [0.5, 0.6) is 0 Å². The predicted octanol–water partition coefficient (Wildman–Crippen LogP) is 2.63. The molecule has 5 heteroatoms. The van der Waals surface area contributed by atoms with Gasteiger partial charge in [-0.25, -0.2) is 0 Å². The number of carbonyl (C=O) groups excluding carboxylic acids is 1. The molecule has 3 rings (SSSR count). The molecule has 1 amide bonds. The Labute approximate surface area is 158 Å². The van der Waals surface area contributed by atoms with Crippen LogP contribution >= 0.6 is 0 Å². The van der Waals surface area contributed by atoms with Crippen LogP contribution in [0.25, 0.3) is 0 Å². The van der Waals surface area contributed by atoms with E-state index in [0.29, 0.717) is 17.9 Å². The zero-order chi connectivity index (χ0) is 18.6. The molecule has 2 aliphatic heterocycles. The lowest BCUT2D eigenvalue weighted by atomic mass is 9.76. The first-order chi connectivity index (χ1) is 12.6. The van der Waals surface area contributed by atoms with Crippen LogP contribution in [0.2, 0.25) is 0 Å². The fourth-order valence-electron chi connectivity index (χ4n) is 4.63. The molecule has 2 fully saturated rings. The monoisotopic (exact) mass is 358 g/mol. The average molecular weight is 359 g/mol. The van der Waals surface area contributed by atoms with Crippen molar-refractivity contribution in [2.45, 2.75) is 52.1 Å². The highest BCUT2D eigenvalue weighted by atomic mass is 16.2. The van der Waals surface area contributed by atoms with E-state index < -0.39 is 0 Å². The third-order valence-corrected chi connectivity index (χ3v) is 6.27. The molecule has 5 nitrogen and oxygen atoms in total. The molecule has 144 valence electrons. The number of likely N-dealkylation sites (N-methyl/N-ethyl adjacent to an activating group) is 1. The van der Waals surface area contributed by atoms with E-state index in [-0.39, 0.29) is 6.04 Å². The van der Waals surface area contributed by atoms with Crippen molar-refractivity contribution in [1.82, 2.24) is 19.7 Å². The summed E-state index contributed by atoms with van der Waals surface area (Å²) in [5.41, 5.74) is 1.50. The van der Waals surface area contributed by atoms with Crippen LogP contribution in [0.1, 0.15) is 45.1 Å². The highest BCUT2D eigenvalue weighted by molar-refractivity contribution is 5.82. The summed E-state index contributed by atoms with van der Waals surface area (Å²) in [7, 11) is 2.21. The van der Waals surface area contributed by atoms with Crippen molar-refractivity contribution in [1.29, 1.82) is 0 Å². The maximum absolute atomic E-state index is 13.4. The Kier molecular flexibility index (Phi) is 6.30. The van der Waals surface area contributed by atoms with Crippen LogP contribution in [0.3, 0.4) is 0 Å². The standard InChI is InChI=1S/C21H34N4O/c1-4-12-25-17-21(8-13-23(3)14-9-21)15-19(25)20(26)24(5-2)16-18-6-10-22-11-7-18/h6-7,10-11,19H,4-5,8-9,12-17H2,1-3H3. The van der Waals surface area contributed by atoms with Gasteiger partial charge in [0.2, 0.25) is 5.91 Å². The van der Waals surface area contributed by atoms with Crippen molar-refractivity contribution in [2.75, 3.05) is 39.8 Å². The lowest BCUT2D eigenvalue weighted by molar-refractivity contribution is -0.136. The van der Waals surface area contributed by atoms with Crippen molar-refractivity contribution in [3.8, 4) is 0 Å². The topological polar surface area (TPSA) is 39.7 Å². The summed E-state index contributed by atoms with van der Waals surface area (Å²) in [5.74, 6) is 0.313.